The van der Waals surface area contributed by atoms with Crippen LogP contribution < -0.4 is 5.32 Å². The molecule has 1 amide bonds. The first-order valence-electron chi connectivity index (χ1n) is 8.51. The van der Waals surface area contributed by atoms with Gasteiger partial charge in [-0.15, -0.1) is 11.3 Å². The van der Waals surface area contributed by atoms with Crippen LogP contribution in [0.5, 0.6) is 0 Å². The van der Waals surface area contributed by atoms with Gasteiger partial charge < -0.3 is 14.6 Å². The van der Waals surface area contributed by atoms with E-state index in [4.69, 9.17) is 4.74 Å². The van der Waals surface area contributed by atoms with Crippen LogP contribution in [0.1, 0.15) is 50.0 Å². The molecule has 5 nitrogen and oxygen atoms in total. The first-order valence-corrected chi connectivity index (χ1v) is 9.39. The van der Waals surface area contributed by atoms with Gasteiger partial charge in [0.25, 0.3) is 5.91 Å². The zero-order valence-corrected chi connectivity index (χ0v) is 15.2. The molecule has 0 aliphatic heterocycles. The van der Waals surface area contributed by atoms with Crippen molar-refractivity contribution in [3.05, 3.63) is 23.2 Å². The third kappa shape index (κ3) is 3.34. The number of esters is 1. The molecule has 0 radical (unpaired) electrons. The number of hydrogen-bond donors (Lipinski definition) is 1. The minimum Gasteiger partial charge on any atom is -0.447 e. The predicted molar refractivity (Wildman–Crippen MR) is 95.2 cm³/mol. The van der Waals surface area contributed by atoms with Crippen LogP contribution in [0.4, 0.5) is 0 Å². The summed E-state index contributed by atoms with van der Waals surface area (Å²) in [7, 11) is 1.84. The van der Waals surface area contributed by atoms with Crippen molar-refractivity contribution < 1.29 is 14.3 Å². The quantitative estimate of drug-likeness (QED) is 0.842. The molecule has 0 unspecified atom stereocenters. The number of aryl methyl sites for hydroxylation is 1. The van der Waals surface area contributed by atoms with Gasteiger partial charge in [0.15, 0.2) is 6.10 Å². The second kappa shape index (κ2) is 6.97. The van der Waals surface area contributed by atoms with Crippen LogP contribution in [0.2, 0.25) is 0 Å². The SMILES string of the molecule is CC(C)[C@H](OC(=O)c1cc2sccc2n1C)C(=O)NC1CCCC1. The number of aromatic nitrogens is 1. The third-order valence-electron chi connectivity index (χ3n) is 4.67. The molecule has 1 N–H and O–H groups in total. The predicted octanol–water partition coefficient (Wildman–Crippen LogP) is 3.48. The molecule has 0 aromatic carbocycles. The summed E-state index contributed by atoms with van der Waals surface area (Å²) in [6.07, 6.45) is 3.57. The van der Waals surface area contributed by atoms with Crippen molar-refractivity contribution in [2.45, 2.75) is 51.7 Å². The molecule has 2 aromatic heterocycles. The number of ether oxygens (including phenoxy) is 1. The monoisotopic (exact) mass is 348 g/mol. The molecule has 24 heavy (non-hydrogen) atoms. The molecule has 1 fully saturated rings. The molecule has 0 saturated heterocycles. The van der Waals surface area contributed by atoms with Gasteiger partial charge in [0.1, 0.15) is 5.69 Å². The van der Waals surface area contributed by atoms with Gasteiger partial charge in [-0.2, -0.15) is 0 Å². The Morgan fingerprint density at radius 3 is 2.67 bits per heavy atom. The number of thiophene rings is 1. The summed E-state index contributed by atoms with van der Waals surface area (Å²) >= 11 is 1.58. The van der Waals surface area contributed by atoms with E-state index in [1.807, 2.05) is 43.0 Å². The third-order valence-corrected chi connectivity index (χ3v) is 5.53. The topological polar surface area (TPSA) is 60.3 Å². The second-order valence-electron chi connectivity index (χ2n) is 6.82. The van der Waals surface area contributed by atoms with Crippen molar-refractivity contribution in [2.24, 2.45) is 13.0 Å². The van der Waals surface area contributed by atoms with Crippen LogP contribution in [0.15, 0.2) is 17.5 Å². The Balaban J connectivity index is 1.72. The summed E-state index contributed by atoms with van der Waals surface area (Å²) in [4.78, 5) is 25.1. The van der Waals surface area contributed by atoms with E-state index in [1.54, 1.807) is 11.3 Å². The number of fused-ring (bicyclic) bond motifs is 1. The van der Waals surface area contributed by atoms with Gasteiger partial charge in [-0.05, 0) is 36.3 Å². The van der Waals surface area contributed by atoms with Gasteiger partial charge >= 0.3 is 5.97 Å². The highest BCUT2D eigenvalue weighted by Crippen LogP contribution is 2.25. The van der Waals surface area contributed by atoms with Gasteiger partial charge in [0, 0.05) is 13.1 Å². The van der Waals surface area contributed by atoms with Gasteiger partial charge in [0.05, 0.1) is 10.2 Å². The van der Waals surface area contributed by atoms with Crippen molar-refractivity contribution in [3.8, 4) is 0 Å². The zero-order valence-electron chi connectivity index (χ0n) is 14.4. The van der Waals surface area contributed by atoms with Crippen molar-refractivity contribution in [3.63, 3.8) is 0 Å². The fourth-order valence-electron chi connectivity index (χ4n) is 3.27. The molecule has 1 atom stereocenters. The molecule has 6 heteroatoms. The Morgan fingerprint density at radius 2 is 2.04 bits per heavy atom. The van der Waals surface area contributed by atoms with Gasteiger partial charge in [-0.3, -0.25) is 4.79 Å². The number of nitrogens with one attached hydrogen (secondary N) is 1. The molecule has 1 aliphatic carbocycles. The Morgan fingerprint density at radius 1 is 1.33 bits per heavy atom. The minimum atomic E-state index is -0.758. The molecular weight excluding hydrogens is 324 g/mol. The number of amides is 1. The lowest BCUT2D eigenvalue weighted by Gasteiger charge is -2.23. The van der Waals surface area contributed by atoms with E-state index in [9.17, 15) is 9.59 Å². The lowest BCUT2D eigenvalue weighted by Crippen LogP contribution is -2.44. The number of carbonyl (C=O) groups excluding carboxylic acids is 2. The highest BCUT2D eigenvalue weighted by molar-refractivity contribution is 7.17. The zero-order chi connectivity index (χ0) is 17.3. The lowest BCUT2D eigenvalue weighted by molar-refractivity contribution is -0.132. The number of hydrogen-bond acceptors (Lipinski definition) is 4. The molecule has 2 heterocycles. The van der Waals surface area contributed by atoms with Crippen LogP contribution in [0.3, 0.4) is 0 Å². The Bertz CT molecular complexity index is 741. The van der Waals surface area contributed by atoms with Gasteiger partial charge in [0.2, 0.25) is 0 Å². The summed E-state index contributed by atoms with van der Waals surface area (Å²) < 4.78 is 8.45. The molecule has 2 aromatic rings. The van der Waals surface area contributed by atoms with E-state index in [0.717, 1.165) is 35.9 Å². The first-order chi connectivity index (χ1) is 11.5. The highest BCUT2D eigenvalue weighted by atomic mass is 32.1. The maximum Gasteiger partial charge on any atom is 0.355 e. The molecule has 3 rings (SSSR count). The number of nitrogens with zero attached hydrogens (tertiary/aromatic N) is 1. The average molecular weight is 348 g/mol. The Hall–Kier alpha value is -1.82. The van der Waals surface area contributed by atoms with Crippen LogP contribution >= 0.6 is 11.3 Å². The van der Waals surface area contributed by atoms with Crippen LogP contribution in [-0.4, -0.2) is 28.6 Å². The summed E-state index contributed by atoms with van der Waals surface area (Å²) in [5, 5.41) is 5.02. The van der Waals surface area contributed by atoms with E-state index in [-0.39, 0.29) is 17.9 Å². The Labute approximate surface area is 146 Å². The largest absolute Gasteiger partial charge is 0.447 e. The Kier molecular flexibility index (Phi) is 4.94. The molecular formula is C18H24N2O3S. The van der Waals surface area contributed by atoms with Crippen molar-refractivity contribution in [2.75, 3.05) is 0 Å². The summed E-state index contributed by atoms with van der Waals surface area (Å²) in [5.74, 6) is -0.695. The first kappa shape index (κ1) is 17.0. The van der Waals surface area contributed by atoms with Crippen LogP contribution in [-0.2, 0) is 16.6 Å². The van der Waals surface area contributed by atoms with Crippen molar-refractivity contribution >= 4 is 33.4 Å². The van der Waals surface area contributed by atoms with Crippen molar-refractivity contribution in [1.82, 2.24) is 9.88 Å². The lowest BCUT2D eigenvalue weighted by atomic mass is 10.1. The molecule has 130 valence electrons. The molecule has 0 bridgehead atoms. The fraction of sp³-hybridized carbons (Fsp3) is 0.556. The summed E-state index contributed by atoms with van der Waals surface area (Å²) in [5.41, 5.74) is 1.49. The standard InChI is InChI=1S/C18H24N2O3S/c1-11(2)16(17(21)19-12-6-4-5-7-12)23-18(22)14-10-15-13(20(14)3)8-9-24-15/h8-12,16H,4-7H2,1-3H3,(H,19,21)/t16-/m0/s1. The summed E-state index contributed by atoms with van der Waals surface area (Å²) in [6.45, 7) is 3.80. The van der Waals surface area contributed by atoms with Crippen molar-refractivity contribution in [1.29, 1.82) is 0 Å². The van der Waals surface area contributed by atoms with E-state index in [2.05, 4.69) is 5.32 Å². The smallest absolute Gasteiger partial charge is 0.355 e. The molecule has 1 saturated carbocycles. The maximum absolute atomic E-state index is 12.6. The van der Waals surface area contributed by atoms with Crippen LogP contribution in [0, 0.1) is 5.92 Å². The normalized spacial score (nSPS) is 16.7. The maximum atomic E-state index is 12.6. The van der Waals surface area contributed by atoms with E-state index < -0.39 is 12.1 Å². The molecule has 0 spiro atoms. The number of carbonyl (C=O) groups is 2. The highest BCUT2D eigenvalue weighted by Gasteiger charge is 2.30. The summed E-state index contributed by atoms with van der Waals surface area (Å²) in [6, 6.07) is 4.02. The van der Waals surface area contributed by atoms with Crippen LogP contribution in [0.25, 0.3) is 10.2 Å². The van der Waals surface area contributed by atoms with Gasteiger partial charge in [-0.25, -0.2) is 4.79 Å². The van der Waals surface area contributed by atoms with Gasteiger partial charge in [-0.1, -0.05) is 26.7 Å². The molecule has 1 aliphatic rings. The fourth-order valence-corrected chi connectivity index (χ4v) is 4.12. The van der Waals surface area contributed by atoms with E-state index in [1.165, 1.54) is 0 Å². The minimum absolute atomic E-state index is 0.0725. The van der Waals surface area contributed by atoms with E-state index >= 15 is 0 Å². The average Bonchev–Trinajstić information content (AvgIpc) is 3.24. The van der Waals surface area contributed by atoms with E-state index in [0.29, 0.717) is 5.69 Å². The second-order valence-corrected chi connectivity index (χ2v) is 7.77. The number of rotatable bonds is 5.